The van der Waals surface area contributed by atoms with Crippen LogP contribution in [0.1, 0.15) is 40.6 Å². The first kappa shape index (κ1) is 17.8. The summed E-state index contributed by atoms with van der Waals surface area (Å²) in [7, 11) is 1.33. The van der Waals surface area contributed by atoms with E-state index in [2.05, 4.69) is 22.4 Å². The molecular formula is C19H22N4O3. The van der Waals surface area contributed by atoms with Gasteiger partial charge in [0.05, 0.1) is 18.4 Å². The molecule has 1 aliphatic rings. The standard InChI is InChI=1S/C19H22N4O3/c1-13-6-5-11-23(12-13)18(24)16-9-10-17(22-21-16)20-15-8-4-3-7-14(15)19(25)26-2/h3-4,7-10,13H,5-6,11-12H2,1-2H3,(H,20,22). The Morgan fingerprint density at radius 3 is 2.69 bits per heavy atom. The third-order valence-electron chi connectivity index (χ3n) is 4.42. The Kier molecular flexibility index (Phi) is 5.46. The zero-order valence-electron chi connectivity index (χ0n) is 14.9. The number of esters is 1. The van der Waals surface area contributed by atoms with Gasteiger partial charge in [0, 0.05) is 13.1 Å². The Morgan fingerprint density at radius 2 is 2.00 bits per heavy atom. The molecule has 1 atom stereocenters. The first-order valence-corrected chi connectivity index (χ1v) is 8.66. The summed E-state index contributed by atoms with van der Waals surface area (Å²) in [5, 5.41) is 11.2. The summed E-state index contributed by atoms with van der Waals surface area (Å²) in [4.78, 5) is 26.2. The lowest BCUT2D eigenvalue weighted by atomic mass is 10.00. The first-order valence-electron chi connectivity index (χ1n) is 8.66. The number of piperidine rings is 1. The predicted molar refractivity (Wildman–Crippen MR) is 97.4 cm³/mol. The third-order valence-corrected chi connectivity index (χ3v) is 4.42. The number of rotatable bonds is 4. The van der Waals surface area contributed by atoms with E-state index in [-0.39, 0.29) is 5.91 Å². The van der Waals surface area contributed by atoms with Gasteiger partial charge in [-0.25, -0.2) is 4.79 Å². The number of amides is 1. The lowest BCUT2D eigenvalue weighted by Crippen LogP contribution is -2.39. The number of para-hydroxylation sites is 1. The highest BCUT2D eigenvalue weighted by Gasteiger charge is 2.23. The van der Waals surface area contributed by atoms with Crippen molar-refractivity contribution in [1.82, 2.24) is 15.1 Å². The highest BCUT2D eigenvalue weighted by Crippen LogP contribution is 2.21. The van der Waals surface area contributed by atoms with E-state index in [4.69, 9.17) is 4.74 Å². The van der Waals surface area contributed by atoms with Crippen LogP contribution in [0.15, 0.2) is 36.4 Å². The normalized spacial score (nSPS) is 16.8. The van der Waals surface area contributed by atoms with E-state index >= 15 is 0 Å². The van der Waals surface area contributed by atoms with Crippen molar-refractivity contribution in [3.05, 3.63) is 47.7 Å². The number of carbonyl (C=O) groups excluding carboxylic acids is 2. The second-order valence-electron chi connectivity index (χ2n) is 6.46. The molecule has 0 aliphatic carbocycles. The smallest absolute Gasteiger partial charge is 0.339 e. The number of carbonyl (C=O) groups is 2. The zero-order valence-corrected chi connectivity index (χ0v) is 14.9. The van der Waals surface area contributed by atoms with Gasteiger partial charge >= 0.3 is 5.97 Å². The van der Waals surface area contributed by atoms with Crippen LogP contribution in [-0.2, 0) is 4.74 Å². The van der Waals surface area contributed by atoms with E-state index in [1.807, 2.05) is 4.90 Å². The summed E-state index contributed by atoms with van der Waals surface area (Å²) in [6.45, 7) is 3.67. The minimum Gasteiger partial charge on any atom is -0.465 e. The summed E-state index contributed by atoms with van der Waals surface area (Å²) < 4.78 is 4.78. The Balaban J connectivity index is 1.72. The van der Waals surface area contributed by atoms with Crippen LogP contribution in [0.25, 0.3) is 0 Å². The van der Waals surface area contributed by atoms with Crippen LogP contribution in [0.5, 0.6) is 0 Å². The van der Waals surface area contributed by atoms with Crippen molar-refractivity contribution in [3.8, 4) is 0 Å². The number of aromatic nitrogens is 2. The summed E-state index contributed by atoms with van der Waals surface area (Å²) in [6.07, 6.45) is 2.17. The first-order chi connectivity index (χ1) is 12.6. The lowest BCUT2D eigenvalue weighted by molar-refractivity contribution is 0.0601. The topological polar surface area (TPSA) is 84.4 Å². The minimum atomic E-state index is -0.438. The average Bonchev–Trinajstić information content (AvgIpc) is 2.68. The number of likely N-dealkylation sites (tertiary alicyclic amines) is 1. The Hall–Kier alpha value is -2.96. The fourth-order valence-corrected chi connectivity index (χ4v) is 3.07. The molecule has 7 nitrogen and oxygen atoms in total. The van der Waals surface area contributed by atoms with Gasteiger partial charge < -0.3 is 15.0 Å². The molecule has 0 saturated carbocycles. The van der Waals surface area contributed by atoms with Crippen LogP contribution < -0.4 is 5.32 Å². The van der Waals surface area contributed by atoms with Crippen molar-refractivity contribution in [1.29, 1.82) is 0 Å². The van der Waals surface area contributed by atoms with Gasteiger partial charge in [-0.3, -0.25) is 4.79 Å². The molecule has 1 aromatic heterocycles. The van der Waals surface area contributed by atoms with E-state index in [0.29, 0.717) is 28.7 Å². The molecule has 1 aliphatic heterocycles. The molecule has 1 fully saturated rings. The second kappa shape index (κ2) is 7.95. The fourth-order valence-electron chi connectivity index (χ4n) is 3.07. The van der Waals surface area contributed by atoms with Gasteiger partial charge in [0.25, 0.3) is 5.91 Å². The maximum atomic E-state index is 12.5. The quantitative estimate of drug-likeness (QED) is 0.850. The third kappa shape index (κ3) is 3.99. The largest absolute Gasteiger partial charge is 0.465 e. The maximum Gasteiger partial charge on any atom is 0.339 e. The average molecular weight is 354 g/mol. The maximum absolute atomic E-state index is 12.5. The van der Waals surface area contributed by atoms with E-state index in [1.165, 1.54) is 7.11 Å². The highest BCUT2D eigenvalue weighted by molar-refractivity contribution is 5.96. The lowest BCUT2D eigenvalue weighted by Gasteiger charge is -2.30. The minimum absolute atomic E-state index is 0.0921. The molecule has 1 unspecified atom stereocenters. The van der Waals surface area contributed by atoms with Gasteiger partial charge in [-0.1, -0.05) is 19.1 Å². The van der Waals surface area contributed by atoms with Crippen molar-refractivity contribution < 1.29 is 14.3 Å². The van der Waals surface area contributed by atoms with Crippen LogP contribution in [0.3, 0.4) is 0 Å². The number of nitrogens with zero attached hydrogens (tertiary/aromatic N) is 3. The number of methoxy groups -OCH3 is 1. The van der Waals surface area contributed by atoms with Crippen LogP contribution in [0, 0.1) is 5.92 Å². The van der Waals surface area contributed by atoms with Crippen molar-refractivity contribution in [2.45, 2.75) is 19.8 Å². The molecule has 0 radical (unpaired) electrons. The van der Waals surface area contributed by atoms with Crippen LogP contribution >= 0.6 is 0 Å². The summed E-state index contributed by atoms with van der Waals surface area (Å²) >= 11 is 0. The molecule has 3 rings (SSSR count). The number of nitrogens with one attached hydrogen (secondary N) is 1. The van der Waals surface area contributed by atoms with Crippen molar-refractivity contribution in [3.63, 3.8) is 0 Å². The fraction of sp³-hybridized carbons (Fsp3) is 0.368. The van der Waals surface area contributed by atoms with Gasteiger partial charge in [0.15, 0.2) is 11.5 Å². The van der Waals surface area contributed by atoms with Gasteiger partial charge in [0.1, 0.15) is 0 Å². The number of hydrogen-bond donors (Lipinski definition) is 1. The molecule has 1 amide bonds. The van der Waals surface area contributed by atoms with Crippen molar-refractivity contribution in [2.24, 2.45) is 5.92 Å². The van der Waals surface area contributed by atoms with Crippen LogP contribution in [0.2, 0.25) is 0 Å². The molecule has 136 valence electrons. The van der Waals surface area contributed by atoms with E-state index in [1.54, 1.807) is 36.4 Å². The van der Waals surface area contributed by atoms with Gasteiger partial charge in [-0.15, -0.1) is 10.2 Å². The van der Waals surface area contributed by atoms with E-state index < -0.39 is 5.97 Å². The van der Waals surface area contributed by atoms with Gasteiger partial charge in [-0.2, -0.15) is 0 Å². The molecule has 0 bridgehead atoms. The monoisotopic (exact) mass is 354 g/mol. The molecule has 2 heterocycles. The SMILES string of the molecule is COC(=O)c1ccccc1Nc1ccc(C(=O)N2CCCC(C)C2)nn1. The molecule has 0 spiro atoms. The number of ether oxygens (including phenoxy) is 1. The molecule has 7 heteroatoms. The number of hydrogen-bond acceptors (Lipinski definition) is 6. The summed E-state index contributed by atoms with van der Waals surface area (Å²) in [5.74, 6) is 0.430. The number of anilines is 2. The summed E-state index contributed by atoms with van der Waals surface area (Å²) in [6, 6.07) is 10.3. The number of benzene rings is 1. The zero-order chi connectivity index (χ0) is 18.5. The van der Waals surface area contributed by atoms with Gasteiger partial charge in [0.2, 0.25) is 0 Å². The molecule has 2 aromatic rings. The van der Waals surface area contributed by atoms with E-state index in [0.717, 1.165) is 25.9 Å². The Labute approximate surface area is 152 Å². The Morgan fingerprint density at radius 1 is 1.19 bits per heavy atom. The Bertz CT molecular complexity index is 792. The molecule has 1 saturated heterocycles. The molecule has 26 heavy (non-hydrogen) atoms. The molecule has 1 aromatic carbocycles. The second-order valence-corrected chi connectivity index (χ2v) is 6.46. The van der Waals surface area contributed by atoms with E-state index in [9.17, 15) is 9.59 Å². The molecular weight excluding hydrogens is 332 g/mol. The summed E-state index contributed by atoms with van der Waals surface area (Å²) in [5.41, 5.74) is 1.29. The highest BCUT2D eigenvalue weighted by atomic mass is 16.5. The van der Waals surface area contributed by atoms with Crippen molar-refractivity contribution in [2.75, 3.05) is 25.5 Å². The molecule has 1 N–H and O–H groups in total. The predicted octanol–water partition coefficient (Wildman–Crippen LogP) is 2.88. The van der Waals surface area contributed by atoms with Crippen LogP contribution in [0.4, 0.5) is 11.5 Å². The van der Waals surface area contributed by atoms with Crippen molar-refractivity contribution >= 4 is 23.4 Å². The van der Waals surface area contributed by atoms with Crippen LogP contribution in [-0.4, -0.2) is 47.2 Å². The van der Waals surface area contributed by atoms with Gasteiger partial charge in [-0.05, 0) is 43.0 Å².